The van der Waals surface area contributed by atoms with E-state index in [0.29, 0.717) is 5.92 Å². The van der Waals surface area contributed by atoms with Gasteiger partial charge in [0.1, 0.15) is 0 Å². The van der Waals surface area contributed by atoms with Crippen LogP contribution in [-0.4, -0.2) is 30.7 Å². The Morgan fingerprint density at radius 1 is 1.00 bits per heavy atom. The van der Waals surface area contributed by atoms with Gasteiger partial charge in [-0.1, -0.05) is 64.0 Å². The van der Waals surface area contributed by atoms with Crippen molar-refractivity contribution < 1.29 is 0 Å². The topological polar surface area (TPSA) is 12.9 Å². The molecule has 0 saturated heterocycles. The predicted molar refractivity (Wildman–Crippen MR) is 98.6 cm³/mol. The molecule has 0 bridgehead atoms. The van der Waals surface area contributed by atoms with E-state index in [2.05, 4.69) is 64.0 Å². The van der Waals surface area contributed by atoms with Crippen LogP contribution in [0, 0.1) is 0 Å². The Kier molecular flexibility index (Phi) is 6.88. The molecule has 0 unspecified atom stereocenters. The number of hydrogen-bond acceptors (Lipinski definition) is 1. The third-order valence-electron chi connectivity index (χ3n) is 3.27. The van der Waals surface area contributed by atoms with E-state index in [9.17, 15) is 0 Å². The molecule has 0 aromatic carbocycles. The van der Waals surface area contributed by atoms with Gasteiger partial charge in [-0.15, -0.1) is 0 Å². The minimum atomic E-state index is -1.07. The second kappa shape index (κ2) is 7.71. The quantitative estimate of drug-likeness (QED) is 0.637. The largest absolute Gasteiger partial charge is 0.258 e. The Morgan fingerprint density at radius 3 is 2.00 bits per heavy atom. The lowest BCUT2D eigenvalue weighted by Gasteiger charge is -2.21. The van der Waals surface area contributed by atoms with Crippen molar-refractivity contribution in [2.45, 2.75) is 69.9 Å². The molecule has 2 radical (unpaired) electrons. The highest BCUT2D eigenvalue weighted by Crippen LogP contribution is 2.27. The fraction of sp³-hybridized carbons (Fsp3) is 0.688. The van der Waals surface area contributed by atoms with Gasteiger partial charge in [0.2, 0.25) is 0 Å². The van der Waals surface area contributed by atoms with Crippen molar-refractivity contribution in [1.29, 1.82) is 0 Å². The van der Waals surface area contributed by atoms with E-state index in [4.69, 9.17) is 4.98 Å². The van der Waals surface area contributed by atoms with E-state index in [0.717, 1.165) is 0 Å². The first-order chi connectivity index (χ1) is 9.17. The first-order valence-corrected chi connectivity index (χ1v) is 16.8. The predicted octanol–water partition coefficient (Wildman–Crippen LogP) is 5.09. The van der Waals surface area contributed by atoms with Gasteiger partial charge in [0.15, 0.2) is 0 Å². The Labute approximate surface area is 130 Å². The Morgan fingerprint density at radius 2 is 1.55 bits per heavy atom. The van der Waals surface area contributed by atoms with Gasteiger partial charge in [-0.2, -0.15) is 0 Å². The van der Waals surface area contributed by atoms with E-state index in [1.165, 1.54) is 29.5 Å². The first-order valence-electron chi connectivity index (χ1n) is 7.71. The summed E-state index contributed by atoms with van der Waals surface area (Å²) in [7, 11) is -1.45. The van der Waals surface area contributed by atoms with Crippen molar-refractivity contribution in [3.8, 4) is 0 Å². The molecule has 1 nitrogen and oxygen atoms in total. The maximum Gasteiger partial charge on any atom is 0.0506 e. The summed E-state index contributed by atoms with van der Waals surface area (Å²) in [6.45, 7) is 17.0. The molecule has 4 heteroatoms. The van der Waals surface area contributed by atoms with Crippen LogP contribution in [0.3, 0.4) is 0 Å². The summed E-state index contributed by atoms with van der Waals surface area (Å²) in [6.07, 6.45) is 0. The molecule has 112 valence electrons. The molecule has 0 atom stereocenters. The molecule has 1 aromatic heterocycles. The van der Waals surface area contributed by atoms with E-state index in [-0.39, 0.29) is 17.6 Å². The smallest absolute Gasteiger partial charge is 0.0506 e. The molecule has 0 aliphatic rings. The van der Waals surface area contributed by atoms with Gasteiger partial charge in [0.25, 0.3) is 0 Å². The van der Waals surface area contributed by atoms with E-state index in [1.54, 1.807) is 0 Å². The second-order valence-corrected chi connectivity index (χ2v) is 18.9. The third-order valence-corrected chi connectivity index (χ3v) is 7.31. The Balaban J connectivity index is 2.92. The standard InChI is InChI=1S/C16H31NSi3/c1-18(2)11-14(12-19(3)4)16-10-8-9-15(17-16)13-20(5,6)7/h8-10,14H,11-13H2,1-7H3. The zero-order chi connectivity index (χ0) is 15.3. The van der Waals surface area contributed by atoms with Crippen LogP contribution < -0.4 is 0 Å². The van der Waals surface area contributed by atoms with Gasteiger partial charge in [-0.25, -0.2) is 0 Å². The number of hydrogen-bond donors (Lipinski definition) is 0. The van der Waals surface area contributed by atoms with Gasteiger partial charge in [-0.3, -0.25) is 4.98 Å². The highest BCUT2D eigenvalue weighted by Gasteiger charge is 2.19. The molecule has 0 saturated carbocycles. The summed E-state index contributed by atoms with van der Waals surface area (Å²) in [5.41, 5.74) is 2.70. The summed E-state index contributed by atoms with van der Waals surface area (Å²) < 4.78 is 0. The fourth-order valence-electron chi connectivity index (χ4n) is 2.63. The van der Waals surface area contributed by atoms with Crippen LogP contribution >= 0.6 is 0 Å². The van der Waals surface area contributed by atoms with Crippen molar-refractivity contribution in [1.82, 2.24) is 4.98 Å². The molecule has 1 rings (SSSR count). The molecule has 0 fully saturated rings. The summed E-state index contributed by atoms with van der Waals surface area (Å²) in [5.74, 6) is 0.712. The average Bonchev–Trinajstić information content (AvgIpc) is 2.24. The van der Waals surface area contributed by atoms with Crippen molar-refractivity contribution in [3.05, 3.63) is 29.6 Å². The number of nitrogens with zero attached hydrogens (tertiary/aromatic N) is 1. The molecule has 0 aliphatic carbocycles. The lowest BCUT2D eigenvalue weighted by atomic mass is 10.1. The molecule has 20 heavy (non-hydrogen) atoms. The van der Waals surface area contributed by atoms with Gasteiger partial charge in [-0.05, 0) is 24.1 Å². The van der Waals surface area contributed by atoms with Crippen molar-refractivity contribution in [2.75, 3.05) is 0 Å². The highest BCUT2D eigenvalue weighted by molar-refractivity contribution is 6.75. The maximum absolute atomic E-state index is 5.03. The summed E-state index contributed by atoms with van der Waals surface area (Å²) in [4.78, 5) is 5.03. The van der Waals surface area contributed by atoms with E-state index in [1.807, 2.05) is 0 Å². The van der Waals surface area contributed by atoms with Crippen molar-refractivity contribution >= 4 is 25.7 Å². The van der Waals surface area contributed by atoms with Crippen molar-refractivity contribution in [2.24, 2.45) is 0 Å². The number of pyridine rings is 1. The van der Waals surface area contributed by atoms with Crippen molar-refractivity contribution in [3.63, 3.8) is 0 Å². The number of aromatic nitrogens is 1. The van der Waals surface area contributed by atoms with Gasteiger partial charge < -0.3 is 0 Å². The van der Waals surface area contributed by atoms with Crippen LogP contribution in [0.1, 0.15) is 17.3 Å². The van der Waals surface area contributed by atoms with E-state index < -0.39 is 8.07 Å². The third kappa shape index (κ3) is 7.00. The van der Waals surface area contributed by atoms with Crippen LogP contribution in [0.2, 0.25) is 57.9 Å². The lowest BCUT2D eigenvalue weighted by molar-refractivity contribution is 0.793. The van der Waals surface area contributed by atoms with Gasteiger partial charge >= 0.3 is 0 Å². The fourth-order valence-corrected chi connectivity index (χ4v) is 6.88. The summed E-state index contributed by atoms with van der Waals surface area (Å²) >= 11 is 0. The first kappa shape index (κ1) is 17.9. The Bertz CT molecular complexity index is 400. The monoisotopic (exact) mass is 321 g/mol. The average molecular weight is 322 g/mol. The molecule has 0 spiro atoms. The second-order valence-electron chi connectivity index (χ2n) is 7.81. The molecular weight excluding hydrogens is 290 g/mol. The van der Waals surface area contributed by atoms with Crippen LogP contribution in [0.4, 0.5) is 0 Å². The molecule has 1 heterocycles. The minimum absolute atomic E-state index is 0.188. The molecule has 0 N–H and O–H groups in total. The van der Waals surface area contributed by atoms with Crippen LogP contribution in [-0.2, 0) is 6.04 Å². The minimum Gasteiger partial charge on any atom is -0.258 e. The van der Waals surface area contributed by atoms with E-state index >= 15 is 0 Å². The highest BCUT2D eigenvalue weighted by atomic mass is 28.3. The molecule has 0 amide bonds. The summed E-state index contributed by atoms with van der Waals surface area (Å²) in [6, 6.07) is 10.7. The SMILES string of the molecule is C[Si](C)CC(C[Si](C)C)c1cccc(C[Si](C)(C)C)n1. The Hall–Kier alpha value is -0.199. The maximum atomic E-state index is 5.03. The van der Waals surface area contributed by atoms with Gasteiger partial charge in [0.05, 0.1) is 8.07 Å². The molecule has 0 aliphatic heterocycles. The number of rotatable bonds is 7. The van der Waals surface area contributed by atoms with Crippen LogP contribution in [0.15, 0.2) is 18.2 Å². The van der Waals surface area contributed by atoms with Crippen LogP contribution in [0.5, 0.6) is 0 Å². The molecular formula is C16H31NSi3. The zero-order valence-electron chi connectivity index (χ0n) is 14.4. The lowest BCUT2D eigenvalue weighted by Crippen LogP contribution is -2.25. The van der Waals surface area contributed by atoms with Crippen LogP contribution in [0.25, 0.3) is 0 Å². The zero-order valence-corrected chi connectivity index (χ0v) is 17.4. The summed E-state index contributed by atoms with van der Waals surface area (Å²) in [5, 5.41) is 0. The molecule has 1 aromatic rings. The normalized spacial score (nSPS) is 12.7. The van der Waals surface area contributed by atoms with Gasteiger partial charge in [0, 0.05) is 29.0 Å².